The first-order valence-corrected chi connectivity index (χ1v) is 5.31. The van der Waals surface area contributed by atoms with E-state index in [4.69, 9.17) is 10.2 Å². The van der Waals surface area contributed by atoms with Crippen LogP contribution in [0.2, 0.25) is 0 Å². The van der Waals surface area contributed by atoms with Crippen LogP contribution in [0.4, 0.5) is 0 Å². The summed E-state index contributed by atoms with van der Waals surface area (Å²) in [5, 5.41) is 27.2. The Labute approximate surface area is 103 Å². The van der Waals surface area contributed by atoms with E-state index >= 15 is 0 Å². The molecule has 0 heterocycles. The fourth-order valence-corrected chi connectivity index (χ4v) is 1.46. The highest BCUT2D eigenvalue weighted by Crippen LogP contribution is 2.25. The molecule has 0 unspecified atom stereocenters. The predicted molar refractivity (Wildman–Crippen MR) is 61.3 cm³/mol. The number of carboxylic acids is 1. The first kappa shape index (κ1) is 13.8. The summed E-state index contributed by atoms with van der Waals surface area (Å²) in [4.78, 5) is 21.5. The van der Waals surface area contributed by atoms with Gasteiger partial charge in [0, 0.05) is 6.92 Å². The zero-order chi connectivity index (χ0) is 13.7. The van der Waals surface area contributed by atoms with Crippen molar-refractivity contribution in [2.75, 3.05) is 0 Å². The number of aliphatic carboxylic acids is 1. The smallest absolute Gasteiger partial charge is 0.345 e. The van der Waals surface area contributed by atoms with Gasteiger partial charge in [-0.05, 0) is 30.5 Å². The van der Waals surface area contributed by atoms with Crippen molar-refractivity contribution < 1.29 is 29.6 Å². The van der Waals surface area contributed by atoms with Gasteiger partial charge in [-0.25, -0.2) is 4.79 Å². The number of carbonyl (C=O) groups excluding carboxylic acids is 1. The highest BCUT2D eigenvalue weighted by Gasteiger charge is 2.20. The molecule has 0 fully saturated rings. The molecular formula is C12H14O6. The highest BCUT2D eigenvalue weighted by atomic mass is 16.6. The van der Waals surface area contributed by atoms with Crippen molar-refractivity contribution in [2.45, 2.75) is 25.9 Å². The van der Waals surface area contributed by atoms with Gasteiger partial charge in [-0.1, -0.05) is 6.07 Å². The molecule has 0 aliphatic rings. The van der Waals surface area contributed by atoms with E-state index in [0.29, 0.717) is 12.0 Å². The molecule has 0 saturated carbocycles. The molecule has 0 aliphatic carbocycles. The van der Waals surface area contributed by atoms with Crippen molar-refractivity contribution >= 4 is 11.9 Å². The summed E-state index contributed by atoms with van der Waals surface area (Å²) in [5.41, 5.74) is 0.642. The first-order valence-electron chi connectivity index (χ1n) is 5.31. The monoisotopic (exact) mass is 254 g/mol. The van der Waals surface area contributed by atoms with Gasteiger partial charge in [-0.3, -0.25) is 4.79 Å². The zero-order valence-electron chi connectivity index (χ0n) is 9.79. The number of carboxylic acid groups (broad SMARTS) is 1. The number of aromatic hydroxyl groups is 2. The molecular weight excluding hydrogens is 240 g/mol. The summed E-state index contributed by atoms with van der Waals surface area (Å²) in [6, 6.07) is 4.20. The van der Waals surface area contributed by atoms with E-state index in [9.17, 15) is 14.7 Å². The third-order valence-electron chi connectivity index (χ3n) is 2.32. The van der Waals surface area contributed by atoms with Crippen molar-refractivity contribution in [2.24, 2.45) is 0 Å². The molecule has 98 valence electrons. The maximum absolute atomic E-state index is 10.8. The molecule has 3 N–H and O–H groups in total. The summed E-state index contributed by atoms with van der Waals surface area (Å²) >= 11 is 0. The van der Waals surface area contributed by atoms with Gasteiger partial charge in [0.2, 0.25) is 0 Å². The maximum Gasteiger partial charge on any atom is 0.345 e. The summed E-state index contributed by atoms with van der Waals surface area (Å²) < 4.78 is 4.64. The van der Waals surface area contributed by atoms with Crippen molar-refractivity contribution in [3.63, 3.8) is 0 Å². The number of aryl methyl sites for hydroxylation is 1. The Kier molecular flexibility index (Phi) is 4.53. The number of hydrogen-bond acceptors (Lipinski definition) is 5. The largest absolute Gasteiger partial charge is 0.504 e. The molecule has 0 amide bonds. The maximum atomic E-state index is 10.8. The number of rotatable bonds is 5. The molecule has 0 radical (unpaired) electrons. The summed E-state index contributed by atoms with van der Waals surface area (Å²) in [6.45, 7) is 1.14. The van der Waals surface area contributed by atoms with E-state index in [-0.39, 0.29) is 17.9 Å². The van der Waals surface area contributed by atoms with Crippen molar-refractivity contribution in [3.05, 3.63) is 23.8 Å². The normalized spacial score (nSPS) is 11.8. The Morgan fingerprint density at radius 1 is 1.28 bits per heavy atom. The van der Waals surface area contributed by atoms with Crippen molar-refractivity contribution in [1.29, 1.82) is 0 Å². The third-order valence-corrected chi connectivity index (χ3v) is 2.32. The molecule has 18 heavy (non-hydrogen) atoms. The first-order chi connectivity index (χ1) is 8.40. The van der Waals surface area contributed by atoms with Crippen LogP contribution in [0.3, 0.4) is 0 Å². The van der Waals surface area contributed by atoms with Gasteiger partial charge in [0.15, 0.2) is 17.6 Å². The quantitative estimate of drug-likeness (QED) is 0.536. The third kappa shape index (κ3) is 3.97. The Balaban J connectivity index is 2.64. The number of ether oxygens (including phenoxy) is 1. The van der Waals surface area contributed by atoms with Gasteiger partial charge in [0.25, 0.3) is 0 Å². The highest BCUT2D eigenvalue weighted by molar-refractivity contribution is 5.76. The molecule has 6 nitrogen and oxygen atoms in total. The van der Waals surface area contributed by atoms with Gasteiger partial charge < -0.3 is 20.1 Å². The van der Waals surface area contributed by atoms with Gasteiger partial charge in [0.05, 0.1) is 0 Å². The number of hydrogen-bond donors (Lipinski definition) is 3. The Morgan fingerprint density at radius 2 is 1.94 bits per heavy atom. The van der Waals surface area contributed by atoms with Crippen LogP contribution in [0.5, 0.6) is 11.5 Å². The molecule has 0 bridgehead atoms. The van der Waals surface area contributed by atoms with Crippen LogP contribution in [0.1, 0.15) is 18.9 Å². The Morgan fingerprint density at radius 3 is 2.44 bits per heavy atom. The lowest BCUT2D eigenvalue weighted by atomic mass is 10.1. The van der Waals surface area contributed by atoms with E-state index in [2.05, 4.69) is 4.74 Å². The van der Waals surface area contributed by atoms with Crippen LogP contribution in [-0.4, -0.2) is 33.4 Å². The van der Waals surface area contributed by atoms with E-state index in [1.54, 1.807) is 6.07 Å². The lowest BCUT2D eigenvalue weighted by molar-refractivity contribution is -0.162. The van der Waals surface area contributed by atoms with Gasteiger partial charge in [-0.2, -0.15) is 0 Å². The van der Waals surface area contributed by atoms with E-state index < -0.39 is 18.0 Å². The van der Waals surface area contributed by atoms with E-state index in [1.807, 2.05) is 0 Å². The van der Waals surface area contributed by atoms with Crippen LogP contribution in [-0.2, 0) is 20.7 Å². The minimum atomic E-state index is -1.21. The molecule has 0 spiro atoms. The molecule has 6 heteroatoms. The van der Waals surface area contributed by atoms with Gasteiger partial charge in [-0.15, -0.1) is 0 Å². The van der Waals surface area contributed by atoms with Crippen molar-refractivity contribution in [1.82, 2.24) is 0 Å². The molecule has 1 atom stereocenters. The van der Waals surface area contributed by atoms with Crippen LogP contribution in [0.15, 0.2) is 18.2 Å². The number of phenolic OH excluding ortho intramolecular Hbond substituents is 2. The standard InChI is InChI=1S/C12H14O6/c1-7(13)18-11(12(16)17)5-3-8-2-4-9(14)10(15)6-8/h2,4,6,11,14-15H,3,5H2,1H3,(H,16,17)/t11-/m1/s1. The Bertz CT molecular complexity index is 454. The van der Waals surface area contributed by atoms with Crippen molar-refractivity contribution in [3.8, 4) is 11.5 Å². The topological polar surface area (TPSA) is 104 Å². The minimum absolute atomic E-state index is 0.0964. The average molecular weight is 254 g/mol. The lowest BCUT2D eigenvalue weighted by Gasteiger charge is -2.12. The molecule has 1 rings (SSSR count). The van der Waals surface area contributed by atoms with Gasteiger partial charge >= 0.3 is 11.9 Å². The van der Waals surface area contributed by atoms with E-state index in [0.717, 1.165) is 6.92 Å². The molecule has 0 saturated heterocycles. The molecule has 1 aromatic rings. The Hall–Kier alpha value is -2.24. The fourth-order valence-electron chi connectivity index (χ4n) is 1.46. The predicted octanol–water partition coefficient (Wildman–Crippen LogP) is 1.05. The number of esters is 1. The second kappa shape index (κ2) is 5.90. The van der Waals surface area contributed by atoms with Crippen LogP contribution < -0.4 is 0 Å². The molecule has 0 aromatic heterocycles. The van der Waals surface area contributed by atoms with Crippen LogP contribution >= 0.6 is 0 Å². The minimum Gasteiger partial charge on any atom is -0.504 e. The van der Waals surface area contributed by atoms with Crippen LogP contribution in [0, 0.1) is 0 Å². The summed E-state index contributed by atoms with van der Waals surface area (Å²) in [6.07, 6.45) is -0.810. The SMILES string of the molecule is CC(=O)O[C@H](CCc1ccc(O)c(O)c1)C(=O)O. The zero-order valence-corrected chi connectivity index (χ0v) is 9.79. The molecule has 1 aromatic carbocycles. The summed E-state index contributed by atoms with van der Waals surface area (Å²) in [7, 11) is 0. The number of benzene rings is 1. The average Bonchev–Trinajstić information content (AvgIpc) is 2.28. The second-order valence-corrected chi connectivity index (χ2v) is 3.80. The lowest BCUT2D eigenvalue weighted by Crippen LogP contribution is -2.26. The number of phenols is 2. The molecule has 0 aliphatic heterocycles. The van der Waals surface area contributed by atoms with Crippen LogP contribution in [0.25, 0.3) is 0 Å². The van der Waals surface area contributed by atoms with Gasteiger partial charge in [0.1, 0.15) is 0 Å². The second-order valence-electron chi connectivity index (χ2n) is 3.80. The fraction of sp³-hybridized carbons (Fsp3) is 0.333. The number of carbonyl (C=O) groups is 2. The summed E-state index contributed by atoms with van der Waals surface area (Å²) in [5.74, 6) is -2.38. The van der Waals surface area contributed by atoms with E-state index in [1.165, 1.54) is 12.1 Å².